The standard InChI is InChI=1S/C10H10BrNO2/c1-14-10-5-7(3-2-4-12)8(11)6-9(10)13/h5-6,13H,2-3H2,1H3. The van der Waals surface area contributed by atoms with Crippen molar-refractivity contribution in [2.75, 3.05) is 7.11 Å². The average Bonchev–Trinajstić information content (AvgIpc) is 2.17. The van der Waals surface area contributed by atoms with Gasteiger partial charge in [-0.05, 0) is 24.1 Å². The van der Waals surface area contributed by atoms with Gasteiger partial charge >= 0.3 is 0 Å². The topological polar surface area (TPSA) is 53.2 Å². The summed E-state index contributed by atoms with van der Waals surface area (Å²) in [6.45, 7) is 0. The Morgan fingerprint density at radius 3 is 2.86 bits per heavy atom. The second-order valence-electron chi connectivity index (χ2n) is 2.77. The first-order valence-electron chi connectivity index (χ1n) is 4.11. The number of phenolic OH excluding ortho intramolecular Hbond substituents is 1. The Hall–Kier alpha value is -1.21. The van der Waals surface area contributed by atoms with Gasteiger partial charge in [0.25, 0.3) is 0 Å². The minimum atomic E-state index is 0.0973. The first-order chi connectivity index (χ1) is 6.69. The number of rotatable bonds is 3. The number of hydrogen-bond acceptors (Lipinski definition) is 3. The number of nitriles is 1. The number of halogens is 1. The molecule has 0 atom stereocenters. The first kappa shape index (κ1) is 10.9. The summed E-state index contributed by atoms with van der Waals surface area (Å²) in [5.41, 5.74) is 0.959. The molecule has 0 amide bonds. The predicted molar refractivity (Wildman–Crippen MR) is 56.3 cm³/mol. The molecule has 0 aliphatic carbocycles. The molecule has 1 aromatic carbocycles. The molecular formula is C10H10BrNO2. The van der Waals surface area contributed by atoms with Gasteiger partial charge in [0.15, 0.2) is 11.5 Å². The molecule has 0 heterocycles. The van der Waals surface area contributed by atoms with Gasteiger partial charge in [0.2, 0.25) is 0 Å². The van der Waals surface area contributed by atoms with Crippen molar-refractivity contribution in [2.45, 2.75) is 12.8 Å². The smallest absolute Gasteiger partial charge is 0.160 e. The maximum Gasteiger partial charge on any atom is 0.160 e. The molecule has 0 spiro atoms. The number of benzene rings is 1. The van der Waals surface area contributed by atoms with Crippen LogP contribution in [0.2, 0.25) is 0 Å². The van der Waals surface area contributed by atoms with Crippen LogP contribution in [0.15, 0.2) is 16.6 Å². The van der Waals surface area contributed by atoms with Crippen LogP contribution in [-0.2, 0) is 6.42 Å². The van der Waals surface area contributed by atoms with Crippen molar-refractivity contribution < 1.29 is 9.84 Å². The molecule has 74 valence electrons. The van der Waals surface area contributed by atoms with Crippen LogP contribution in [0, 0.1) is 11.3 Å². The number of hydrogen-bond donors (Lipinski definition) is 1. The fourth-order valence-corrected chi connectivity index (χ4v) is 1.66. The van der Waals surface area contributed by atoms with Crippen LogP contribution >= 0.6 is 15.9 Å². The molecule has 1 N–H and O–H groups in total. The van der Waals surface area contributed by atoms with Crippen molar-refractivity contribution in [1.29, 1.82) is 5.26 Å². The zero-order chi connectivity index (χ0) is 10.6. The van der Waals surface area contributed by atoms with Crippen molar-refractivity contribution in [3.8, 4) is 17.6 Å². The zero-order valence-electron chi connectivity index (χ0n) is 7.75. The summed E-state index contributed by atoms with van der Waals surface area (Å²) in [5.74, 6) is 0.529. The summed E-state index contributed by atoms with van der Waals surface area (Å²) in [5, 5.41) is 17.9. The van der Waals surface area contributed by atoms with Crippen LogP contribution in [0.5, 0.6) is 11.5 Å². The van der Waals surface area contributed by atoms with Crippen molar-refractivity contribution in [1.82, 2.24) is 0 Å². The van der Waals surface area contributed by atoms with Gasteiger partial charge in [-0.3, -0.25) is 0 Å². The first-order valence-corrected chi connectivity index (χ1v) is 4.90. The molecule has 1 aromatic rings. The molecule has 0 bridgehead atoms. The maximum absolute atomic E-state index is 9.42. The summed E-state index contributed by atoms with van der Waals surface area (Å²) in [4.78, 5) is 0. The highest BCUT2D eigenvalue weighted by molar-refractivity contribution is 9.10. The average molecular weight is 256 g/mol. The third-order valence-corrected chi connectivity index (χ3v) is 2.59. The van der Waals surface area contributed by atoms with E-state index in [0.717, 1.165) is 10.0 Å². The number of aromatic hydroxyl groups is 1. The summed E-state index contributed by atoms with van der Waals surface area (Å²) < 4.78 is 5.76. The Balaban J connectivity index is 2.99. The van der Waals surface area contributed by atoms with Crippen LogP contribution in [-0.4, -0.2) is 12.2 Å². The van der Waals surface area contributed by atoms with E-state index >= 15 is 0 Å². The van der Waals surface area contributed by atoms with Crippen LogP contribution in [0.25, 0.3) is 0 Å². The minimum absolute atomic E-state index is 0.0973. The van der Waals surface area contributed by atoms with E-state index in [1.165, 1.54) is 7.11 Å². The van der Waals surface area contributed by atoms with E-state index < -0.39 is 0 Å². The highest BCUT2D eigenvalue weighted by atomic mass is 79.9. The normalized spacial score (nSPS) is 9.50. The lowest BCUT2D eigenvalue weighted by Gasteiger charge is -2.07. The van der Waals surface area contributed by atoms with Gasteiger partial charge in [-0.25, -0.2) is 0 Å². The fourth-order valence-electron chi connectivity index (χ4n) is 1.13. The second kappa shape index (κ2) is 4.87. The van der Waals surface area contributed by atoms with E-state index in [9.17, 15) is 5.11 Å². The van der Waals surface area contributed by atoms with Gasteiger partial charge in [0.1, 0.15) is 0 Å². The number of nitrogens with zero attached hydrogens (tertiary/aromatic N) is 1. The van der Waals surface area contributed by atoms with E-state index in [1.54, 1.807) is 12.1 Å². The molecule has 0 saturated carbocycles. The van der Waals surface area contributed by atoms with Crippen molar-refractivity contribution in [2.24, 2.45) is 0 Å². The Morgan fingerprint density at radius 1 is 1.57 bits per heavy atom. The van der Waals surface area contributed by atoms with E-state index in [2.05, 4.69) is 22.0 Å². The molecule has 0 saturated heterocycles. The Morgan fingerprint density at radius 2 is 2.29 bits per heavy atom. The number of ether oxygens (including phenoxy) is 1. The molecule has 0 aliphatic heterocycles. The summed E-state index contributed by atoms with van der Waals surface area (Å²) in [6, 6.07) is 5.38. The van der Waals surface area contributed by atoms with Crippen LogP contribution in [0.4, 0.5) is 0 Å². The lowest BCUT2D eigenvalue weighted by molar-refractivity contribution is 0.372. The number of methoxy groups -OCH3 is 1. The molecule has 0 aliphatic rings. The monoisotopic (exact) mass is 255 g/mol. The molecule has 1 rings (SSSR count). The van der Waals surface area contributed by atoms with Gasteiger partial charge < -0.3 is 9.84 Å². The van der Waals surface area contributed by atoms with Gasteiger partial charge in [0, 0.05) is 10.9 Å². The quantitative estimate of drug-likeness (QED) is 0.904. The minimum Gasteiger partial charge on any atom is -0.504 e. The zero-order valence-corrected chi connectivity index (χ0v) is 9.34. The molecule has 14 heavy (non-hydrogen) atoms. The van der Waals surface area contributed by atoms with Crippen LogP contribution < -0.4 is 4.74 Å². The van der Waals surface area contributed by atoms with Gasteiger partial charge in [-0.1, -0.05) is 15.9 Å². The molecule has 0 unspecified atom stereocenters. The van der Waals surface area contributed by atoms with Crippen molar-refractivity contribution in [3.63, 3.8) is 0 Å². The largest absolute Gasteiger partial charge is 0.504 e. The molecule has 0 aromatic heterocycles. The predicted octanol–water partition coefficient (Wildman–Crippen LogP) is 2.62. The Kier molecular flexibility index (Phi) is 3.78. The SMILES string of the molecule is COc1cc(CCC#N)c(Br)cc1O. The molecular weight excluding hydrogens is 246 g/mol. The highest BCUT2D eigenvalue weighted by Gasteiger charge is 2.07. The summed E-state index contributed by atoms with van der Waals surface area (Å²) >= 11 is 3.32. The van der Waals surface area contributed by atoms with E-state index in [-0.39, 0.29) is 5.75 Å². The highest BCUT2D eigenvalue weighted by Crippen LogP contribution is 2.32. The number of phenols is 1. The Bertz CT molecular complexity index is 371. The van der Waals surface area contributed by atoms with Crippen LogP contribution in [0.3, 0.4) is 0 Å². The third kappa shape index (κ3) is 2.39. The summed E-state index contributed by atoms with van der Waals surface area (Å²) in [7, 11) is 1.50. The van der Waals surface area contributed by atoms with E-state index in [0.29, 0.717) is 18.6 Å². The van der Waals surface area contributed by atoms with Crippen molar-refractivity contribution >= 4 is 15.9 Å². The lowest BCUT2D eigenvalue weighted by Crippen LogP contribution is -1.90. The van der Waals surface area contributed by atoms with Gasteiger partial charge in [-0.15, -0.1) is 0 Å². The molecule has 0 fully saturated rings. The van der Waals surface area contributed by atoms with E-state index in [1.807, 2.05) is 0 Å². The van der Waals surface area contributed by atoms with Gasteiger partial charge in [0.05, 0.1) is 13.2 Å². The molecule has 3 nitrogen and oxygen atoms in total. The molecule has 4 heteroatoms. The lowest BCUT2D eigenvalue weighted by atomic mass is 10.1. The molecule has 0 radical (unpaired) electrons. The van der Waals surface area contributed by atoms with Crippen LogP contribution in [0.1, 0.15) is 12.0 Å². The maximum atomic E-state index is 9.42. The Labute approximate surface area is 91.1 Å². The summed E-state index contributed by atoms with van der Waals surface area (Å²) in [6.07, 6.45) is 1.10. The third-order valence-electron chi connectivity index (χ3n) is 1.85. The second-order valence-corrected chi connectivity index (χ2v) is 3.63. The van der Waals surface area contributed by atoms with E-state index in [4.69, 9.17) is 10.00 Å². The van der Waals surface area contributed by atoms with Gasteiger partial charge in [-0.2, -0.15) is 5.26 Å². The fraction of sp³-hybridized carbons (Fsp3) is 0.300. The number of aryl methyl sites for hydroxylation is 1. The van der Waals surface area contributed by atoms with Crippen molar-refractivity contribution in [3.05, 3.63) is 22.2 Å².